The minimum Gasteiger partial charge on any atom is -0.263 e. The number of aromatic nitrogens is 1. The van der Waals surface area contributed by atoms with Crippen molar-refractivity contribution in [1.82, 2.24) is 4.98 Å². The van der Waals surface area contributed by atoms with Gasteiger partial charge in [0.05, 0.1) is 4.90 Å². The van der Waals surface area contributed by atoms with Gasteiger partial charge in [-0.25, -0.2) is 8.42 Å². The van der Waals surface area contributed by atoms with Crippen LogP contribution in [0.15, 0.2) is 27.8 Å². The summed E-state index contributed by atoms with van der Waals surface area (Å²) in [7, 11) is -2.53. The lowest BCUT2D eigenvalue weighted by atomic mass is 10.5. The number of halogens is 1. The maximum absolute atomic E-state index is 10.4. The minimum absolute atomic E-state index is 0.220. The molecule has 1 aromatic heterocycles. The third kappa shape index (κ3) is 1.54. The molecule has 0 aliphatic heterocycles. The van der Waals surface area contributed by atoms with Gasteiger partial charge in [-0.15, -0.1) is 0 Å². The zero-order valence-corrected chi connectivity index (χ0v) is 7.30. The molecule has 0 spiro atoms. The number of thiol groups is 1. The maximum atomic E-state index is 10.4. The van der Waals surface area contributed by atoms with Crippen LogP contribution in [0, 0.1) is 0 Å². The van der Waals surface area contributed by atoms with E-state index in [1.54, 1.807) is 6.07 Å². The third-order valence-corrected chi connectivity index (χ3v) is 2.69. The average molecular weight is 222 g/mol. The van der Waals surface area contributed by atoms with Crippen molar-refractivity contribution in [2.75, 3.05) is 0 Å². The second kappa shape index (κ2) is 3.12. The number of hydrogen-bond acceptors (Lipinski definition) is 3. The van der Waals surface area contributed by atoms with E-state index in [-0.39, 0.29) is 4.90 Å². The first kappa shape index (κ1) is 7.68. The van der Waals surface area contributed by atoms with Crippen LogP contribution in [0.5, 0.6) is 0 Å². The van der Waals surface area contributed by atoms with Crippen LogP contribution in [0.1, 0.15) is 0 Å². The van der Waals surface area contributed by atoms with Gasteiger partial charge in [-0.2, -0.15) is 0 Å². The van der Waals surface area contributed by atoms with Gasteiger partial charge >= 0.3 is 0 Å². The number of hydrogen-bond donors (Lipinski definition) is 1. The molecule has 0 atom stereocenters. The molecule has 0 aliphatic rings. The molecular weight excluding hydrogens is 218 g/mol. The van der Waals surface area contributed by atoms with Crippen molar-refractivity contribution in [2.24, 2.45) is 0 Å². The van der Waals surface area contributed by atoms with Gasteiger partial charge in [-0.05, 0) is 22.0 Å². The molecule has 0 unspecified atom stereocenters. The first-order valence-corrected chi connectivity index (χ1v) is 4.43. The van der Waals surface area contributed by atoms with Gasteiger partial charge in [0.1, 0.15) is 0 Å². The van der Waals surface area contributed by atoms with Crippen molar-refractivity contribution in [1.29, 1.82) is 0 Å². The summed E-state index contributed by atoms with van der Waals surface area (Å²) in [6, 6.07) is 1.58. The SMILES string of the molecule is O=[SH](=O)c1cnccc1Br. The Kier molecular flexibility index (Phi) is 2.39. The van der Waals surface area contributed by atoms with Crippen molar-refractivity contribution in [3.63, 3.8) is 0 Å². The van der Waals surface area contributed by atoms with Gasteiger partial charge in [-0.1, -0.05) is 0 Å². The fraction of sp³-hybridized carbons (Fsp3) is 0. The van der Waals surface area contributed by atoms with Crippen molar-refractivity contribution in [2.45, 2.75) is 4.90 Å². The topological polar surface area (TPSA) is 47.0 Å². The Hall–Kier alpha value is -0.420. The predicted molar refractivity (Wildman–Crippen MR) is 40.5 cm³/mol. The Morgan fingerprint density at radius 1 is 1.50 bits per heavy atom. The predicted octanol–water partition coefficient (Wildman–Crippen LogP) is 0.814. The highest BCUT2D eigenvalue weighted by Gasteiger charge is 1.98. The van der Waals surface area contributed by atoms with Crippen LogP contribution in [0.2, 0.25) is 0 Å². The van der Waals surface area contributed by atoms with Crippen molar-refractivity contribution >= 4 is 26.6 Å². The van der Waals surface area contributed by atoms with Gasteiger partial charge in [0.25, 0.3) is 0 Å². The van der Waals surface area contributed by atoms with Gasteiger partial charge in [0.2, 0.25) is 0 Å². The Labute approximate surface area is 68.2 Å². The zero-order valence-electron chi connectivity index (χ0n) is 4.82. The van der Waals surface area contributed by atoms with Crippen LogP contribution in [0.25, 0.3) is 0 Å². The molecule has 0 N–H and O–H groups in total. The lowest BCUT2D eigenvalue weighted by Gasteiger charge is -1.90. The lowest BCUT2D eigenvalue weighted by molar-refractivity contribution is 0.614. The number of rotatable bonds is 1. The molecule has 0 bridgehead atoms. The molecular formula is C5H4BrNO2S. The molecule has 10 heavy (non-hydrogen) atoms. The minimum atomic E-state index is -2.53. The summed E-state index contributed by atoms with van der Waals surface area (Å²) >= 11 is 3.07. The first-order chi connectivity index (χ1) is 4.72. The smallest absolute Gasteiger partial charge is 0.170 e. The summed E-state index contributed by atoms with van der Waals surface area (Å²) in [4.78, 5) is 3.87. The van der Waals surface area contributed by atoms with E-state index in [0.717, 1.165) is 0 Å². The van der Waals surface area contributed by atoms with Crippen LogP contribution >= 0.6 is 15.9 Å². The number of pyridine rings is 1. The monoisotopic (exact) mass is 221 g/mol. The summed E-state index contributed by atoms with van der Waals surface area (Å²) in [5.74, 6) is 0. The second-order valence-electron chi connectivity index (χ2n) is 1.58. The summed E-state index contributed by atoms with van der Waals surface area (Å²) < 4.78 is 21.3. The van der Waals surface area contributed by atoms with E-state index in [2.05, 4.69) is 20.9 Å². The summed E-state index contributed by atoms with van der Waals surface area (Å²) in [5, 5.41) is 0. The van der Waals surface area contributed by atoms with Crippen LogP contribution in [0.3, 0.4) is 0 Å². The van der Waals surface area contributed by atoms with Crippen molar-refractivity contribution in [3.05, 3.63) is 22.9 Å². The summed E-state index contributed by atoms with van der Waals surface area (Å²) in [6.45, 7) is 0. The molecule has 1 aromatic rings. The zero-order chi connectivity index (χ0) is 7.56. The van der Waals surface area contributed by atoms with E-state index in [9.17, 15) is 8.42 Å². The van der Waals surface area contributed by atoms with Crippen LogP contribution in [0.4, 0.5) is 0 Å². The first-order valence-electron chi connectivity index (χ1n) is 2.45. The van der Waals surface area contributed by atoms with E-state index in [4.69, 9.17) is 0 Å². The molecule has 0 saturated heterocycles. The van der Waals surface area contributed by atoms with Crippen molar-refractivity contribution < 1.29 is 8.42 Å². The molecule has 1 heterocycles. The normalized spacial score (nSPS) is 10.2. The molecule has 1 rings (SSSR count). The van der Waals surface area contributed by atoms with E-state index >= 15 is 0 Å². The average Bonchev–Trinajstić information content (AvgIpc) is 1.88. The standard InChI is InChI=1S/C5H4BrNO2S/c6-4-1-2-7-3-5(4)10(8)9/h1-3,10H. The lowest BCUT2D eigenvalue weighted by Crippen LogP contribution is -1.82. The third-order valence-electron chi connectivity index (χ3n) is 0.945. The highest BCUT2D eigenvalue weighted by atomic mass is 79.9. The molecule has 0 aromatic carbocycles. The second-order valence-corrected chi connectivity index (χ2v) is 3.43. The Balaban J connectivity index is 3.28. The Morgan fingerprint density at radius 2 is 2.20 bits per heavy atom. The molecule has 0 fully saturated rings. The van der Waals surface area contributed by atoms with Gasteiger partial charge in [0, 0.05) is 16.9 Å². The van der Waals surface area contributed by atoms with Gasteiger partial charge < -0.3 is 0 Å². The van der Waals surface area contributed by atoms with Crippen molar-refractivity contribution in [3.8, 4) is 0 Å². The fourth-order valence-electron chi connectivity index (χ4n) is 0.504. The maximum Gasteiger partial charge on any atom is 0.170 e. The van der Waals surface area contributed by atoms with Crippen LogP contribution in [-0.2, 0) is 10.7 Å². The van der Waals surface area contributed by atoms with E-state index in [0.29, 0.717) is 4.47 Å². The number of nitrogens with zero attached hydrogens (tertiary/aromatic N) is 1. The van der Waals surface area contributed by atoms with Gasteiger partial charge in [-0.3, -0.25) is 4.98 Å². The quantitative estimate of drug-likeness (QED) is 0.715. The van der Waals surface area contributed by atoms with Gasteiger partial charge in [0.15, 0.2) is 10.7 Å². The highest BCUT2D eigenvalue weighted by molar-refractivity contribution is 9.10. The molecule has 0 aliphatic carbocycles. The molecule has 0 saturated carbocycles. The largest absolute Gasteiger partial charge is 0.263 e. The molecule has 0 amide bonds. The summed E-state index contributed by atoms with van der Waals surface area (Å²) in [6.07, 6.45) is 2.82. The van der Waals surface area contributed by atoms with Crippen LogP contribution < -0.4 is 0 Å². The molecule has 0 radical (unpaired) electrons. The van der Waals surface area contributed by atoms with E-state index < -0.39 is 10.7 Å². The Morgan fingerprint density at radius 3 is 2.60 bits per heavy atom. The fourth-order valence-corrected chi connectivity index (χ4v) is 1.57. The van der Waals surface area contributed by atoms with Crippen LogP contribution in [-0.4, -0.2) is 13.4 Å². The highest BCUT2D eigenvalue weighted by Crippen LogP contribution is 2.14. The van der Waals surface area contributed by atoms with E-state index in [1.807, 2.05) is 0 Å². The Bertz CT molecular complexity index is 302. The summed E-state index contributed by atoms with van der Waals surface area (Å²) in [5.41, 5.74) is 0. The molecule has 3 nitrogen and oxygen atoms in total. The molecule has 5 heteroatoms. The molecule has 54 valence electrons. The van der Waals surface area contributed by atoms with E-state index in [1.165, 1.54) is 12.4 Å².